The summed E-state index contributed by atoms with van der Waals surface area (Å²) < 4.78 is 33.4. The number of unbranched alkanes of at least 4 members (excludes halogenated alkanes) is 16. The summed E-state index contributed by atoms with van der Waals surface area (Å²) in [5, 5.41) is 58.9. The van der Waals surface area contributed by atoms with E-state index in [9.17, 15) is 44.6 Å². The first-order valence-corrected chi connectivity index (χ1v) is 24.0. The van der Waals surface area contributed by atoms with Crippen LogP contribution in [0.25, 0.3) is 0 Å². The van der Waals surface area contributed by atoms with Crippen LogP contribution < -0.4 is 0 Å². The molecule has 3 unspecified atom stereocenters. The summed E-state index contributed by atoms with van der Waals surface area (Å²) in [5.74, 6) is -1.18. The van der Waals surface area contributed by atoms with Crippen molar-refractivity contribution >= 4 is 19.8 Å². The number of rotatable bonds is 37. The SMILES string of the molecule is CCCCCCCCCCCCCCCC(=O)O[C@H](COC(=O)CCC/C=C\C/C=C\C/C=C\C/C=C\CCCCCO)COP(=O)(O)OC1[C@H](O)[C@H](O)C(O)[C@H](O)[C@H]1O. The molecule has 0 bridgehead atoms. The molecule has 7 N–H and O–H groups in total. The fourth-order valence-corrected chi connectivity index (χ4v) is 7.53. The van der Waals surface area contributed by atoms with Crippen molar-refractivity contribution in [1.29, 1.82) is 0 Å². The Bertz CT molecular complexity index is 1240. The van der Waals surface area contributed by atoms with Crippen molar-refractivity contribution in [3.63, 3.8) is 0 Å². The fourth-order valence-electron chi connectivity index (χ4n) is 6.55. The molecular weight excluding hydrogens is 795 g/mol. The van der Waals surface area contributed by atoms with Crippen molar-refractivity contribution in [2.45, 2.75) is 204 Å². The van der Waals surface area contributed by atoms with Gasteiger partial charge in [0.1, 0.15) is 43.2 Å². The summed E-state index contributed by atoms with van der Waals surface area (Å²) in [6, 6.07) is 0. The molecule has 15 heteroatoms. The lowest BCUT2D eigenvalue weighted by atomic mass is 9.85. The van der Waals surface area contributed by atoms with Crippen LogP contribution in [0.15, 0.2) is 48.6 Å². The number of ether oxygens (including phenoxy) is 2. The van der Waals surface area contributed by atoms with E-state index in [1.54, 1.807) is 0 Å². The van der Waals surface area contributed by atoms with Gasteiger partial charge in [-0.15, -0.1) is 0 Å². The first kappa shape index (κ1) is 55.8. The third-order valence-corrected chi connectivity index (χ3v) is 11.2. The molecule has 1 aliphatic rings. The molecule has 1 aliphatic carbocycles. The zero-order valence-corrected chi connectivity index (χ0v) is 37.1. The monoisotopic (exact) mass is 875 g/mol. The predicted octanol–water partition coefficient (Wildman–Crippen LogP) is 7.36. The summed E-state index contributed by atoms with van der Waals surface area (Å²) in [7, 11) is -5.13. The summed E-state index contributed by atoms with van der Waals surface area (Å²) in [4.78, 5) is 35.6. The lowest BCUT2D eigenvalue weighted by Crippen LogP contribution is -2.64. The normalized spacial score (nSPS) is 22.6. The number of allylic oxidation sites excluding steroid dienone is 8. The van der Waals surface area contributed by atoms with Crippen LogP contribution in [-0.4, -0.2) is 110 Å². The Morgan fingerprint density at radius 2 is 0.983 bits per heavy atom. The predicted molar refractivity (Wildman–Crippen MR) is 232 cm³/mol. The first-order chi connectivity index (χ1) is 28.9. The Morgan fingerprint density at radius 1 is 0.550 bits per heavy atom. The molecule has 0 radical (unpaired) electrons. The van der Waals surface area contributed by atoms with Gasteiger partial charge in [-0.1, -0.05) is 139 Å². The first-order valence-electron chi connectivity index (χ1n) is 22.6. The van der Waals surface area contributed by atoms with Gasteiger partial charge in [-0.2, -0.15) is 0 Å². The van der Waals surface area contributed by atoms with Crippen molar-refractivity contribution < 1.29 is 68.2 Å². The average Bonchev–Trinajstić information content (AvgIpc) is 3.23. The second kappa shape index (κ2) is 36.3. The van der Waals surface area contributed by atoms with E-state index in [0.29, 0.717) is 19.3 Å². The van der Waals surface area contributed by atoms with Crippen LogP contribution >= 0.6 is 7.82 Å². The van der Waals surface area contributed by atoms with Gasteiger partial charge >= 0.3 is 19.8 Å². The Labute approximate surface area is 359 Å². The summed E-state index contributed by atoms with van der Waals surface area (Å²) in [6.07, 6.45) is 26.1. The molecule has 0 spiro atoms. The van der Waals surface area contributed by atoms with Gasteiger partial charge < -0.3 is 45.0 Å². The molecule has 0 saturated heterocycles. The summed E-state index contributed by atoms with van der Waals surface area (Å²) in [6.45, 7) is 1.25. The molecule has 14 nitrogen and oxygen atoms in total. The third kappa shape index (κ3) is 28.4. The minimum Gasteiger partial charge on any atom is -0.462 e. The Kier molecular flexibility index (Phi) is 33.7. The molecule has 8 atom stereocenters. The van der Waals surface area contributed by atoms with Crippen LogP contribution in [-0.2, 0) is 32.7 Å². The van der Waals surface area contributed by atoms with Crippen molar-refractivity contribution in [3.8, 4) is 0 Å². The number of hydrogen-bond acceptors (Lipinski definition) is 13. The lowest BCUT2D eigenvalue weighted by molar-refractivity contribution is -0.220. The molecule has 1 rings (SSSR count). The highest BCUT2D eigenvalue weighted by Crippen LogP contribution is 2.47. The van der Waals surface area contributed by atoms with E-state index in [-0.39, 0.29) is 19.4 Å². The molecular formula is C45H79O14P. The van der Waals surface area contributed by atoms with E-state index in [1.807, 2.05) is 12.2 Å². The van der Waals surface area contributed by atoms with Crippen molar-refractivity contribution in [2.75, 3.05) is 19.8 Å². The maximum absolute atomic E-state index is 12.8. The third-order valence-electron chi connectivity index (χ3n) is 10.2. The van der Waals surface area contributed by atoms with Crippen molar-refractivity contribution in [3.05, 3.63) is 48.6 Å². The molecule has 1 fully saturated rings. The number of aliphatic hydroxyl groups excluding tert-OH is 6. The van der Waals surface area contributed by atoms with E-state index in [4.69, 9.17) is 23.6 Å². The van der Waals surface area contributed by atoms with E-state index >= 15 is 0 Å². The van der Waals surface area contributed by atoms with Crippen LogP contribution in [0.4, 0.5) is 0 Å². The minimum atomic E-state index is -5.13. The number of phosphoric acid groups is 1. The Balaban J connectivity index is 2.50. The average molecular weight is 875 g/mol. The van der Waals surface area contributed by atoms with Crippen molar-refractivity contribution in [2.24, 2.45) is 0 Å². The molecule has 0 aromatic heterocycles. The largest absolute Gasteiger partial charge is 0.472 e. The van der Waals surface area contributed by atoms with Crippen LogP contribution in [0.5, 0.6) is 0 Å². The van der Waals surface area contributed by atoms with Crippen LogP contribution in [0.2, 0.25) is 0 Å². The van der Waals surface area contributed by atoms with Crippen molar-refractivity contribution in [1.82, 2.24) is 0 Å². The molecule has 0 aromatic rings. The van der Waals surface area contributed by atoms with E-state index in [0.717, 1.165) is 70.6 Å². The topological polar surface area (TPSA) is 230 Å². The van der Waals surface area contributed by atoms with E-state index < -0.39 is 75.7 Å². The standard InChI is InChI=1S/C45H79O14P/c1-2-3-4-5-6-7-8-14-18-21-24-27-30-33-39(48)58-37(36-57-60(54,55)59-45-43(52)41(50)40(49)42(51)44(45)53)35-56-38(47)32-29-26-23-20-17-15-12-10-9-11-13-16-19-22-25-28-31-34-46/h9,11-12,15-16,19-20,23,37,40-46,49-53H,2-8,10,13-14,17-18,21-22,24-36H2,1H3,(H,54,55)/b11-9-,15-12-,19-16-,23-20-/t37-,40?,41-,42+,43-,44-,45?/m1/s1. The van der Waals surface area contributed by atoms with E-state index in [1.165, 1.54) is 51.4 Å². The molecule has 60 heavy (non-hydrogen) atoms. The highest BCUT2D eigenvalue weighted by atomic mass is 31.2. The van der Waals surface area contributed by atoms with Gasteiger partial charge in [0.25, 0.3) is 0 Å². The Morgan fingerprint density at radius 3 is 1.50 bits per heavy atom. The number of aliphatic hydroxyl groups is 6. The van der Waals surface area contributed by atoms with Gasteiger partial charge in [0.05, 0.1) is 6.61 Å². The highest BCUT2D eigenvalue weighted by Gasteiger charge is 2.51. The lowest BCUT2D eigenvalue weighted by Gasteiger charge is -2.41. The zero-order valence-electron chi connectivity index (χ0n) is 36.2. The number of carbonyl (C=O) groups excluding carboxylic acids is 2. The highest BCUT2D eigenvalue weighted by molar-refractivity contribution is 7.47. The summed E-state index contributed by atoms with van der Waals surface area (Å²) in [5.41, 5.74) is 0. The second-order valence-corrected chi connectivity index (χ2v) is 17.0. The maximum atomic E-state index is 12.8. The minimum absolute atomic E-state index is 0.0810. The van der Waals surface area contributed by atoms with E-state index in [2.05, 4.69) is 43.4 Å². The summed E-state index contributed by atoms with van der Waals surface area (Å²) >= 11 is 0. The van der Waals surface area contributed by atoms with Crippen LogP contribution in [0.3, 0.4) is 0 Å². The van der Waals surface area contributed by atoms with Crippen LogP contribution in [0.1, 0.15) is 161 Å². The number of phosphoric ester groups is 1. The van der Waals surface area contributed by atoms with Gasteiger partial charge in [-0.05, 0) is 57.8 Å². The number of carbonyl (C=O) groups is 2. The smallest absolute Gasteiger partial charge is 0.462 e. The molecule has 0 heterocycles. The molecule has 0 amide bonds. The number of hydrogen-bond donors (Lipinski definition) is 7. The van der Waals surface area contributed by atoms with Gasteiger partial charge in [0, 0.05) is 19.4 Å². The van der Waals surface area contributed by atoms with Gasteiger partial charge in [-0.3, -0.25) is 18.6 Å². The van der Waals surface area contributed by atoms with Gasteiger partial charge in [0.2, 0.25) is 0 Å². The molecule has 348 valence electrons. The van der Waals surface area contributed by atoms with Gasteiger partial charge in [-0.25, -0.2) is 4.57 Å². The fraction of sp³-hybridized carbons (Fsp3) is 0.778. The maximum Gasteiger partial charge on any atom is 0.472 e. The van der Waals surface area contributed by atoms with Crippen LogP contribution in [0, 0.1) is 0 Å². The number of esters is 2. The zero-order chi connectivity index (χ0) is 44.3. The molecule has 0 aliphatic heterocycles. The molecule has 1 saturated carbocycles. The quantitative estimate of drug-likeness (QED) is 0.0140. The second-order valence-electron chi connectivity index (χ2n) is 15.6. The molecule has 0 aromatic carbocycles. The van der Waals surface area contributed by atoms with Gasteiger partial charge in [0.15, 0.2) is 6.10 Å². The Hall–Kier alpha value is -2.23.